The highest BCUT2D eigenvalue weighted by atomic mass is 16.5. The summed E-state index contributed by atoms with van der Waals surface area (Å²) in [5, 5.41) is 11.6. The Kier molecular flexibility index (Phi) is 5.12. The van der Waals surface area contributed by atoms with Gasteiger partial charge in [0.15, 0.2) is 0 Å². The van der Waals surface area contributed by atoms with E-state index in [1.807, 2.05) is 24.3 Å². The highest BCUT2D eigenvalue weighted by Crippen LogP contribution is 2.18. The van der Waals surface area contributed by atoms with Crippen LogP contribution < -0.4 is 5.32 Å². The predicted octanol–water partition coefficient (Wildman–Crippen LogP) is 2.07. The molecule has 1 fully saturated rings. The van der Waals surface area contributed by atoms with E-state index in [4.69, 9.17) is 9.84 Å². The van der Waals surface area contributed by atoms with Gasteiger partial charge in [0.2, 0.25) is 5.91 Å². The van der Waals surface area contributed by atoms with Crippen molar-refractivity contribution in [3.8, 4) is 0 Å². The van der Waals surface area contributed by atoms with Crippen LogP contribution in [0.5, 0.6) is 0 Å². The predicted molar refractivity (Wildman–Crippen MR) is 74.6 cm³/mol. The smallest absolute Gasteiger partial charge is 0.303 e. The van der Waals surface area contributed by atoms with Crippen molar-refractivity contribution >= 4 is 17.6 Å². The fourth-order valence-electron chi connectivity index (χ4n) is 2.26. The van der Waals surface area contributed by atoms with Crippen LogP contribution in [0.15, 0.2) is 24.3 Å². The Morgan fingerprint density at radius 2 is 2.05 bits per heavy atom. The Morgan fingerprint density at radius 3 is 2.75 bits per heavy atom. The maximum Gasteiger partial charge on any atom is 0.303 e. The van der Waals surface area contributed by atoms with Crippen molar-refractivity contribution in [1.29, 1.82) is 0 Å². The average molecular weight is 277 g/mol. The number of nitrogens with one attached hydrogen (secondary N) is 1. The number of carboxylic acids is 1. The second-order valence-corrected chi connectivity index (χ2v) is 4.97. The third kappa shape index (κ3) is 4.35. The molecule has 1 heterocycles. The molecule has 108 valence electrons. The number of ether oxygens (including phenoxy) is 1. The molecule has 0 aliphatic carbocycles. The van der Waals surface area contributed by atoms with Crippen molar-refractivity contribution in [2.45, 2.75) is 25.7 Å². The summed E-state index contributed by atoms with van der Waals surface area (Å²) in [5.74, 6) is -0.795. The number of anilines is 1. The molecular formula is C15H19NO4. The lowest BCUT2D eigenvalue weighted by Gasteiger charge is -2.21. The summed E-state index contributed by atoms with van der Waals surface area (Å²) in [6, 6.07) is 7.35. The molecule has 5 heteroatoms. The first-order valence-corrected chi connectivity index (χ1v) is 6.84. The standard InChI is InChI=1S/C15H19NO4/c17-14(18)5-4-11-2-1-3-13(10-11)16-15(19)12-6-8-20-9-7-12/h1-3,10,12H,4-9H2,(H,16,19)(H,17,18). The maximum atomic E-state index is 12.1. The van der Waals surface area contributed by atoms with E-state index in [1.165, 1.54) is 0 Å². The Balaban J connectivity index is 1.93. The molecule has 0 aromatic heterocycles. The summed E-state index contributed by atoms with van der Waals surface area (Å²) in [7, 11) is 0. The van der Waals surface area contributed by atoms with Gasteiger partial charge >= 0.3 is 5.97 Å². The molecule has 1 saturated heterocycles. The molecular weight excluding hydrogens is 258 g/mol. The first-order valence-electron chi connectivity index (χ1n) is 6.84. The molecule has 0 spiro atoms. The van der Waals surface area contributed by atoms with Crippen LogP contribution >= 0.6 is 0 Å². The van der Waals surface area contributed by atoms with Crippen LogP contribution in [-0.2, 0) is 20.7 Å². The molecule has 0 saturated carbocycles. The molecule has 2 rings (SSSR count). The molecule has 5 nitrogen and oxygen atoms in total. The van der Waals surface area contributed by atoms with Crippen molar-refractivity contribution in [3.63, 3.8) is 0 Å². The van der Waals surface area contributed by atoms with Gasteiger partial charge in [-0.05, 0) is 37.0 Å². The van der Waals surface area contributed by atoms with Gasteiger partial charge in [-0.2, -0.15) is 0 Å². The van der Waals surface area contributed by atoms with Crippen LogP contribution in [-0.4, -0.2) is 30.2 Å². The van der Waals surface area contributed by atoms with Crippen molar-refractivity contribution in [1.82, 2.24) is 0 Å². The van der Waals surface area contributed by atoms with E-state index in [9.17, 15) is 9.59 Å². The average Bonchev–Trinajstić information content (AvgIpc) is 2.46. The number of carboxylic acid groups (broad SMARTS) is 1. The number of rotatable bonds is 5. The lowest BCUT2D eigenvalue weighted by atomic mass is 9.99. The zero-order chi connectivity index (χ0) is 14.4. The summed E-state index contributed by atoms with van der Waals surface area (Å²) in [6.45, 7) is 1.27. The van der Waals surface area contributed by atoms with Gasteiger partial charge in [0, 0.05) is 31.2 Å². The SMILES string of the molecule is O=C(O)CCc1cccc(NC(=O)C2CCOCC2)c1. The van der Waals surface area contributed by atoms with Crippen LogP contribution in [0.25, 0.3) is 0 Å². The summed E-state index contributed by atoms with van der Waals surface area (Å²) < 4.78 is 5.24. The molecule has 20 heavy (non-hydrogen) atoms. The van der Waals surface area contributed by atoms with Crippen LogP contribution in [0.1, 0.15) is 24.8 Å². The number of carbonyl (C=O) groups is 2. The molecule has 0 radical (unpaired) electrons. The fourth-order valence-corrected chi connectivity index (χ4v) is 2.26. The van der Waals surface area contributed by atoms with Crippen molar-refractivity contribution in [2.75, 3.05) is 18.5 Å². The molecule has 1 aliphatic rings. The Morgan fingerprint density at radius 1 is 1.30 bits per heavy atom. The Labute approximate surface area is 117 Å². The van der Waals surface area contributed by atoms with E-state index in [-0.39, 0.29) is 18.2 Å². The lowest BCUT2D eigenvalue weighted by molar-refractivity contribution is -0.137. The lowest BCUT2D eigenvalue weighted by Crippen LogP contribution is -2.28. The first-order chi connectivity index (χ1) is 9.65. The van der Waals surface area contributed by atoms with Crippen molar-refractivity contribution < 1.29 is 19.4 Å². The Hall–Kier alpha value is -1.88. The van der Waals surface area contributed by atoms with Gasteiger partial charge < -0.3 is 15.2 Å². The summed E-state index contributed by atoms with van der Waals surface area (Å²) >= 11 is 0. The molecule has 1 aliphatic heterocycles. The number of aliphatic carboxylic acids is 1. The van der Waals surface area contributed by atoms with Gasteiger partial charge in [-0.15, -0.1) is 0 Å². The second-order valence-electron chi connectivity index (χ2n) is 4.97. The molecule has 0 bridgehead atoms. The van der Waals surface area contributed by atoms with Crippen molar-refractivity contribution in [3.05, 3.63) is 29.8 Å². The Bertz CT molecular complexity index is 481. The van der Waals surface area contributed by atoms with Crippen LogP contribution in [0.4, 0.5) is 5.69 Å². The number of aryl methyl sites for hydroxylation is 1. The van der Waals surface area contributed by atoms with Crippen LogP contribution in [0.2, 0.25) is 0 Å². The molecule has 0 atom stereocenters. The number of hydrogen-bond donors (Lipinski definition) is 2. The minimum Gasteiger partial charge on any atom is -0.481 e. The van der Waals surface area contributed by atoms with Crippen LogP contribution in [0.3, 0.4) is 0 Å². The van der Waals surface area contributed by atoms with E-state index < -0.39 is 5.97 Å². The molecule has 0 unspecified atom stereocenters. The van der Waals surface area contributed by atoms with Gasteiger partial charge in [-0.3, -0.25) is 9.59 Å². The number of carbonyl (C=O) groups excluding carboxylic acids is 1. The summed E-state index contributed by atoms with van der Waals surface area (Å²) in [6.07, 6.45) is 2.07. The van der Waals surface area contributed by atoms with Gasteiger partial charge in [-0.1, -0.05) is 12.1 Å². The second kappa shape index (κ2) is 7.05. The molecule has 2 N–H and O–H groups in total. The zero-order valence-electron chi connectivity index (χ0n) is 11.3. The third-order valence-electron chi connectivity index (χ3n) is 3.41. The third-order valence-corrected chi connectivity index (χ3v) is 3.41. The fraction of sp³-hybridized carbons (Fsp3) is 0.467. The van der Waals surface area contributed by atoms with Crippen LogP contribution in [0, 0.1) is 5.92 Å². The van der Waals surface area contributed by atoms with E-state index in [1.54, 1.807) is 0 Å². The number of hydrogen-bond acceptors (Lipinski definition) is 3. The van der Waals surface area contributed by atoms with Crippen molar-refractivity contribution in [2.24, 2.45) is 5.92 Å². The minimum absolute atomic E-state index is 0.00595. The zero-order valence-corrected chi connectivity index (χ0v) is 11.3. The first kappa shape index (κ1) is 14.5. The van der Waals surface area contributed by atoms with E-state index in [2.05, 4.69) is 5.32 Å². The summed E-state index contributed by atoms with van der Waals surface area (Å²) in [4.78, 5) is 22.6. The van der Waals surface area contributed by atoms with Gasteiger partial charge in [-0.25, -0.2) is 0 Å². The minimum atomic E-state index is -0.818. The summed E-state index contributed by atoms with van der Waals surface area (Å²) in [5.41, 5.74) is 1.64. The quantitative estimate of drug-likeness (QED) is 0.864. The normalized spacial score (nSPS) is 15.8. The van der Waals surface area contributed by atoms with Gasteiger partial charge in [0.25, 0.3) is 0 Å². The highest BCUT2D eigenvalue weighted by molar-refractivity contribution is 5.92. The molecule has 1 aromatic rings. The maximum absolute atomic E-state index is 12.1. The highest BCUT2D eigenvalue weighted by Gasteiger charge is 2.21. The van der Waals surface area contributed by atoms with E-state index in [0.717, 1.165) is 24.1 Å². The monoisotopic (exact) mass is 277 g/mol. The largest absolute Gasteiger partial charge is 0.481 e. The number of amides is 1. The van der Waals surface area contributed by atoms with E-state index in [0.29, 0.717) is 19.6 Å². The molecule has 1 aromatic carbocycles. The topological polar surface area (TPSA) is 75.6 Å². The number of benzene rings is 1. The van der Waals surface area contributed by atoms with Gasteiger partial charge in [0.1, 0.15) is 0 Å². The molecule has 1 amide bonds. The van der Waals surface area contributed by atoms with E-state index >= 15 is 0 Å². The van der Waals surface area contributed by atoms with Gasteiger partial charge in [0.05, 0.1) is 0 Å².